The van der Waals surface area contributed by atoms with Crippen molar-refractivity contribution in [2.75, 3.05) is 14.2 Å². The molecule has 0 aliphatic heterocycles. The van der Waals surface area contributed by atoms with E-state index >= 15 is 0 Å². The Kier molecular flexibility index (Phi) is 4.74. The van der Waals surface area contributed by atoms with Gasteiger partial charge in [-0.1, -0.05) is 27.5 Å². The van der Waals surface area contributed by atoms with Gasteiger partial charge in [0, 0.05) is 11.6 Å². The zero-order chi connectivity index (χ0) is 13.8. The highest BCUT2D eigenvalue weighted by atomic mass is 79.9. The van der Waals surface area contributed by atoms with Gasteiger partial charge in [-0.25, -0.2) is 9.97 Å². The fraction of sp³-hybridized carbons (Fsp3) is 0.231. The molecule has 1 heterocycles. The smallest absolute Gasteiger partial charge is 0.164 e. The molecule has 0 aliphatic rings. The molecule has 0 saturated carbocycles. The molecule has 4 nitrogen and oxygen atoms in total. The molecule has 1 aromatic carbocycles. The zero-order valence-corrected chi connectivity index (χ0v) is 12.8. The molecule has 0 radical (unpaired) electrons. The molecule has 0 amide bonds. The molecule has 0 unspecified atom stereocenters. The first kappa shape index (κ1) is 14.2. The van der Waals surface area contributed by atoms with E-state index in [2.05, 4.69) is 25.9 Å². The fourth-order valence-electron chi connectivity index (χ4n) is 1.66. The van der Waals surface area contributed by atoms with Crippen molar-refractivity contribution >= 4 is 27.5 Å². The maximum absolute atomic E-state index is 6.01. The van der Waals surface area contributed by atoms with Crippen molar-refractivity contribution in [1.82, 2.24) is 9.97 Å². The number of ether oxygens (including phenoxy) is 2. The van der Waals surface area contributed by atoms with Crippen LogP contribution in [0.2, 0.25) is 5.15 Å². The molecule has 0 atom stereocenters. The van der Waals surface area contributed by atoms with Crippen LogP contribution in [0.4, 0.5) is 0 Å². The molecule has 2 rings (SSSR count). The van der Waals surface area contributed by atoms with Gasteiger partial charge in [-0.2, -0.15) is 0 Å². The maximum Gasteiger partial charge on any atom is 0.164 e. The lowest BCUT2D eigenvalue weighted by molar-refractivity contribution is 0.181. The third-order valence-corrected chi connectivity index (χ3v) is 3.13. The lowest BCUT2D eigenvalue weighted by Gasteiger charge is -2.09. The lowest BCUT2D eigenvalue weighted by Crippen LogP contribution is -1.99. The molecule has 0 bridgehead atoms. The SMILES string of the molecule is COCc1cc(Cl)nc(-c2cc(Br)ccc2OC)n1. The molecule has 0 fully saturated rings. The molecule has 100 valence electrons. The minimum Gasteiger partial charge on any atom is -0.496 e. The lowest BCUT2D eigenvalue weighted by atomic mass is 10.2. The van der Waals surface area contributed by atoms with Gasteiger partial charge in [0.1, 0.15) is 10.9 Å². The summed E-state index contributed by atoms with van der Waals surface area (Å²) in [6.45, 7) is 0.381. The molecule has 0 aliphatic carbocycles. The number of hydrogen-bond acceptors (Lipinski definition) is 4. The Balaban J connectivity index is 2.54. The second kappa shape index (κ2) is 6.32. The highest BCUT2D eigenvalue weighted by molar-refractivity contribution is 9.10. The highest BCUT2D eigenvalue weighted by Gasteiger charge is 2.11. The first-order chi connectivity index (χ1) is 9.13. The molecule has 19 heavy (non-hydrogen) atoms. The van der Waals surface area contributed by atoms with Crippen molar-refractivity contribution in [2.45, 2.75) is 6.61 Å². The van der Waals surface area contributed by atoms with Crippen LogP contribution in [-0.4, -0.2) is 24.2 Å². The normalized spacial score (nSPS) is 10.5. The van der Waals surface area contributed by atoms with E-state index in [1.54, 1.807) is 20.3 Å². The summed E-state index contributed by atoms with van der Waals surface area (Å²) >= 11 is 9.43. The summed E-state index contributed by atoms with van der Waals surface area (Å²) in [7, 11) is 3.21. The topological polar surface area (TPSA) is 44.2 Å². The third kappa shape index (κ3) is 3.43. The molecular weight excluding hydrogens is 332 g/mol. The first-order valence-electron chi connectivity index (χ1n) is 5.50. The van der Waals surface area contributed by atoms with E-state index in [9.17, 15) is 0 Å². The Hall–Kier alpha value is -1.17. The molecule has 1 aromatic heterocycles. The van der Waals surface area contributed by atoms with Gasteiger partial charge in [0.2, 0.25) is 0 Å². The summed E-state index contributed by atoms with van der Waals surface area (Å²) in [5, 5.41) is 0.374. The van der Waals surface area contributed by atoms with E-state index in [1.165, 1.54) is 0 Å². The molecular formula is C13H12BrClN2O2. The van der Waals surface area contributed by atoms with Crippen LogP contribution in [0.3, 0.4) is 0 Å². The Labute approximate surface area is 124 Å². The predicted molar refractivity (Wildman–Crippen MR) is 77.4 cm³/mol. The van der Waals surface area contributed by atoms with E-state index < -0.39 is 0 Å². The molecule has 0 spiro atoms. The minimum atomic E-state index is 0.374. The van der Waals surface area contributed by atoms with E-state index in [-0.39, 0.29) is 0 Å². The quantitative estimate of drug-likeness (QED) is 0.794. The van der Waals surface area contributed by atoms with Crippen LogP contribution in [0.5, 0.6) is 5.75 Å². The summed E-state index contributed by atoms with van der Waals surface area (Å²) < 4.78 is 11.3. The van der Waals surface area contributed by atoms with Crippen molar-refractivity contribution in [3.05, 3.63) is 39.6 Å². The van der Waals surface area contributed by atoms with Gasteiger partial charge in [0.25, 0.3) is 0 Å². The third-order valence-electron chi connectivity index (χ3n) is 2.44. The van der Waals surface area contributed by atoms with Crippen LogP contribution in [-0.2, 0) is 11.3 Å². The van der Waals surface area contributed by atoms with Crippen molar-refractivity contribution < 1.29 is 9.47 Å². The number of methoxy groups -OCH3 is 2. The van der Waals surface area contributed by atoms with Crippen LogP contribution >= 0.6 is 27.5 Å². The van der Waals surface area contributed by atoms with E-state index in [0.29, 0.717) is 23.3 Å². The van der Waals surface area contributed by atoms with Crippen LogP contribution in [0, 0.1) is 0 Å². The van der Waals surface area contributed by atoms with Crippen LogP contribution in [0.25, 0.3) is 11.4 Å². The second-order valence-electron chi connectivity index (χ2n) is 3.78. The number of rotatable bonds is 4. The van der Waals surface area contributed by atoms with Gasteiger partial charge in [-0.05, 0) is 24.3 Å². The molecule has 0 saturated heterocycles. The molecule has 6 heteroatoms. The average molecular weight is 344 g/mol. The summed E-state index contributed by atoms with van der Waals surface area (Å²) in [5.41, 5.74) is 1.50. The Bertz CT molecular complexity index is 593. The number of benzene rings is 1. The predicted octanol–water partition coefficient (Wildman–Crippen LogP) is 3.71. The Morgan fingerprint density at radius 2 is 2.00 bits per heavy atom. The van der Waals surface area contributed by atoms with Gasteiger partial charge in [0.15, 0.2) is 5.82 Å². The van der Waals surface area contributed by atoms with E-state index in [1.807, 2.05) is 18.2 Å². The van der Waals surface area contributed by atoms with Gasteiger partial charge >= 0.3 is 0 Å². The van der Waals surface area contributed by atoms with E-state index in [0.717, 1.165) is 15.7 Å². The molecule has 0 N–H and O–H groups in total. The fourth-order valence-corrected chi connectivity index (χ4v) is 2.23. The molecule has 2 aromatic rings. The van der Waals surface area contributed by atoms with Crippen molar-refractivity contribution in [3.63, 3.8) is 0 Å². The maximum atomic E-state index is 6.01. The summed E-state index contributed by atoms with van der Waals surface area (Å²) in [5.74, 6) is 1.20. The van der Waals surface area contributed by atoms with Crippen LogP contribution in [0.1, 0.15) is 5.69 Å². The summed E-state index contributed by atoms with van der Waals surface area (Å²) in [6.07, 6.45) is 0. The number of halogens is 2. The zero-order valence-electron chi connectivity index (χ0n) is 10.5. The Morgan fingerprint density at radius 1 is 1.21 bits per heavy atom. The number of aromatic nitrogens is 2. The summed E-state index contributed by atoms with van der Waals surface area (Å²) in [4.78, 5) is 8.66. The first-order valence-corrected chi connectivity index (χ1v) is 6.67. The van der Waals surface area contributed by atoms with Gasteiger partial charge in [-0.3, -0.25) is 0 Å². The Morgan fingerprint density at radius 3 is 2.68 bits per heavy atom. The second-order valence-corrected chi connectivity index (χ2v) is 5.09. The van der Waals surface area contributed by atoms with Crippen molar-refractivity contribution in [1.29, 1.82) is 0 Å². The van der Waals surface area contributed by atoms with E-state index in [4.69, 9.17) is 21.1 Å². The van der Waals surface area contributed by atoms with Crippen molar-refractivity contribution in [3.8, 4) is 17.1 Å². The van der Waals surface area contributed by atoms with Crippen molar-refractivity contribution in [2.24, 2.45) is 0 Å². The monoisotopic (exact) mass is 342 g/mol. The number of hydrogen-bond donors (Lipinski definition) is 0. The average Bonchev–Trinajstić information content (AvgIpc) is 2.38. The van der Waals surface area contributed by atoms with Gasteiger partial charge in [-0.15, -0.1) is 0 Å². The number of nitrogens with zero attached hydrogens (tertiary/aromatic N) is 2. The van der Waals surface area contributed by atoms with Gasteiger partial charge in [0.05, 0.1) is 25.0 Å². The highest BCUT2D eigenvalue weighted by Crippen LogP contribution is 2.31. The van der Waals surface area contributed by atoms with Crippen LogP contribution < -0.4 is 4.74 Å². The minimum absolute atomic E-state index is 0.374. The van der Waals surface area contributed by atoms with Gasteiger partial charge < -0.3 is 9.47 Å². The van der Waals surface area contributed by atoms with Crippen LogP contribution in [0.15, 0.2) is 28.7 Å². The summed E-state index contributed by atoms with van der Waals surface area (Å²) in [6, 6.07) is 7.31. The standard InChI is InChI=1S/C13H12BrClN2O2/c1-18-7-9-6-12(15)17-13(16-9)10-5-8(14)3-4-11(10)19-2/h3-6H,7H2,1-2H3. The largest absolute Gasteiger partial charge is 0.496 e.